The van der Waals surface area contributed by atoms with Gasteiger partial charge in [-0.1, -0.05) is 71.9 Å². The van der Waals surface area contributed by atoms with Gasteiger partial charge in [0.1, 0.15) is 73.2 Å². The Bertz CT molecular complexity index is 2500. The van der Waals surface area contributed by atoms with Crippen molar-refractivity contribution in [3.05, 3.63) is 35.9 Å². The van der Waals surface area contributed by atoms with Crippen LogP contribution in [0.3, 0.4) is 0 Å². The molecule has 496 valence electrons. The topological polar surface area (TPSA) is 539 Å². The minimum absolute atomic E-state index is 0.0167. The van der Waals surface area contributed by atoms with Crippen molar-refractivity contribution in [3.8, 4) is 0 Å². The van der Waals surface area contributed by atoms with Gasteiger partial charge >= 0.3 is 17.9 Å². The number of nitrogens with two attached hydrogens (primary N) is 3. The molecule has 0 bridgehead atoms. The maximum atomic E-state index is 14.4. The van der Waals surface area contributed by atoms with Gasteiger partial charge in [-0.3, -0.25) is 57.5 Å². The summed E-state index contributed by atoms with van der Waals surface area (Å²) < 4.78 is 4.98. The number of nitrogens with one attached hydrogen (secondary N) is 9. The Labute approximate surface area is 510 Å². The summed E-state index contributed by atoms with van der Waals surface area (Å²) in [4.78, 5) is 173. The number of carbonyl (C=O) groups excluding carboxylic acids is 11. The van der Waals surface area contributed by atoms with E-state index in [9.17, 15) is 93.0 Å². The molecule has 0 aliphatic carbocycles. The number of benzene rings is 1. The quantitative estimate of drug-likeness (QED) is 0.0215. The lowest BCUT2D eigenvalue weighted by Crippen LogP contribution is -2.63. The zero-order valence-electron chi connectivity index (χ0n) is 50.9. The molecule has 1 aromatic rings. The molecule has 32 heteroatoms. The molecule has 0 saturated heterocycles. The highest BCUT2D eigenvalue weighted by atomic mass is 16.5. The molecule has 13 atom stereocenters. The summed E-state index contributed by atoms with van der Waals surface area (Å²) >= 11 is 0. The lowest BCUT2D eigenvalue weighted by atomic mass is 9.99. The van der Waals surface area contributed by atoms with E-state index in [4.69, 9.17) is 21.9 Å². The Morgan fingerprint density at radius 2 is 0.989 bits per heavy atom. The van der Waals surface area contributed by atoms with Crippen LogP contribution in [0.4, 0.5) is 0 Å². The Kier molecular flexibility index (Phi) is 35.3. The van der Waals surface area contributed by atoms with Crippen LogP contribution in [0.1, 0.15) is 119 Å². The largest absolute Gasteiger partial charge is 0.481 e. The number of ether oxygens (including phenoxy) is 1. The smallest absolute Gasteiger partial charge is 0.326 e. The van der Waals surface area contributed by atoms with Crippen LogP contribution in [-0.4, -0.2) is 206 Å². The number of carboxylic acids is 2. The monoisotopic (exact) mass is 1250 g/mol. The molecule has 0 aliphatic heterocycles. The Balaban J connectivity index is 3.65. The van der Waals surface area contributed by atoms with Crippen LogP contribution in [0.2, 0.25) is 0 Å². The SMILES string of the molecule is CC(C)C[C@H](N)C(=O)N[C@H](C(=O)N[C@@H](CC(N)=O)C(=O)N[C@@H](CCC(=O)O)C(=O)N[C@H](C(=O)N[C@H](C(=O)N[C@@H](CCC(=O)OCC(O)C(O)CO)C(=O)N[C@@H](Cc1ccccc1)C(=O)N[C@@H](C)C(=O)N[C@@H](CCCCN)C(=O)O)[C@@H](C)O)C(C)C)C(C)C. The normalized spacial score (nSPS) is 15.7. The first-order chi connectivity index (χ1) is 41.1. The van der Waals surface area contributed by atoms with Gasteiger partial charge in [-0.15, -0.1) is 0 Å². The van der Waals surface area contributed by atoms with E-state index < -0.39 is 213 Å². The van der Waals surface area contributed by atoms with Gasteiger partial charge in [0, 0.05) is 19.3 Å². The van der Waals surface area contributed by atoms with Crippen LogP contribution in [0.5, 0.6) is 0 Å². The first-order valence-corrected chi connectivity index (χ1v) is 28.9. The molecule has 0 fully saturated rings. The summed E-state index contributed by atoms with van der Waals surface area (Å²) in [6.07, 6.45) is -8.02. The van der Waals surface area contributed by atoms with Gasteiger partial charge in [0.15, 0.2) is 0 Å². The number of carbonyl (C=O) groups is 13. The molecule has 1 aromatic carbocycles. The average molecular weight is 1250 g/mol. The lowest BCUT2D eigenvalue weighted by molar-refractivity contribution is -0.150. The molecule has 10 amide bonds. The highest BCUT2D eigenvalue weighted by Gasteiger charge is 2.38. The van der Waals surface area contributed by atoms with Gasteiger partial charge < -0.3 is 100 Å². The summed E-state index contributed by atoms with van der Waals surface area (Å²) in [7, 11) is 0. The second kappa shape index (κ2) is 39.8. The highest BCUT2D eigenvalue weighted by Crippen LogP contribution is 2.13. The summed E-state index contributed by atoms with van der Waals surface area (Å²) in [5, 5.41) is 80.6. The third-order valence-corrected chi connectivity index (χ3v) is 13.5. The number of carboxylic acid groups (broad SMARTS) is 2. The van der Waals surface area contributed by atoms with Crippen molar-refractivity contribution in [2.24, 2.45) is 35.0 Å². The first kappa shape index (κ1) is 78.1. The van der Waals surface area contributed by atoms with Gasteiger partial charge in [0.25, 0.3) is 0 Å². The van der Waals surface area contributed by atoms with Gasteiger partial charge in [-0.25, -0.2) is 4.79 Å². The predicted octanol–water partition coefficient (Wildman–Crippen LogP) is -5.33. The van der Waals surface area contributed by atoms with E-state index in [-0.39, 0.29) is 31.7 Å². The summed E-state index contributed by atoms with van der Waals surface area (Å²) in [5.41, 5.74) is 17.4. The number of aliphatic carboxylic acids is 2. The minimum atomic E-state index is -2.00. The number of hydrogen-bond donors (Lipinski definition) is 18. The van der Waals surface area contributed by atoms with E-state index in [0.29, 0.717) is 18.4 Å². The van der Waals surface area contributed by atoms with E-state index in [2.05, 4.69) is 47.9 Å². The van der Waals surface area contributed by atoms with Gasteiger partial charge in [-0.05, 0) is 82.2 Å². The van der Waals surface area contributed by atoms with Crippen molar-refractivity contribution in [1.82, 2.24) is 47.9 Å². The fraction of sp³-hybridized carbons (Fsp3) is 0.661. The molecular formula is C56H92N12O20. The van der Waals surface area contributed by atoms with Crippen molar-refractivity contribution in [2.75, 3.05) is 19.8 Å². The van der Waals surface area contributed by atoms with Crippen molar-refractivity contribution >= 4 is 77.0 Å². The number of unbranched alkanes of at least 4 members (excludes halogenated alkanes) is 1. The maximum Gasteiger partial charge on any atom is 0.326 e. The van der Waals surface area contributed by atoms with E-state index in [1.54, 1.807) is 44.2 Å². The number of rotatable bonds is 42. The summed E-state index contributed by atoms with van der Waals surface area (Å²) in [6.45, 7) is 10.5. The number of primary amides is 1. The van der Waals surface area contributed by atoms with Crippen molar-refractivity contribution < 1.29 is 97.7 Å². The second-order valence-corrected chi connectivity index (χ2v) is 22.4. The van der Waals surface area contributed by atoms with Crippen molar-refractivity contribution in [1.29, 1.82) is 0 Å². The predicted molar refractivity (Wildman–Crippen MR) is 312 cm³/mol. The van der Waals surface area contributed by atoms with E-state index in [0.717, 1.165) is 6.92 Å². The van der Waals surface area contributed by atoms with Crippen LogP contribution in [-0.2, 0) is 73.5 Å². The van der Waals surface area contributed by atoms with E-state index in [1.165, 1.54) is 20.8 Å². The lowest BCUT2D eigenvalue weighted by Gasteiger charge is -2.30. The first-order valence-electron chi connectivity index (χ1n) is 28.9. The summed E-state index contributed by atoms with van der Waals surface area (Å²) in [5.74, 6) is -16.0. The number of aliphatic hydroxyl groups excluding tert-OH is 4. The van der Waals surface area contributed by atoms with Crippen LogP contribution in [0.25, 0.3) is 0 Å². The summed E-state index contributed by atoms with van der Waals surface area (Å²) in [6, 6.07) is -7.62. The molecular weight excluding hydrogens is 1160 g/mol. The van der Waals surface area contributed by atoms with Crippen molar-refractivity contribution in [3.63, 3.8) is 0 Å². The molecule has 21 N–H and O–H groups in total. The molecule has 2 unspecified atom stereocenters. The molecule has 0 radical (unpaired) electrons. The molecule has 0 aromatic heterocycles. The fourth-order valence-electron chi connectivity index (χ4n) is 8.36. The maximum absolute atomic E-state index is 14.4. The molecule has 0 spiro atoms. The van der Waals surface area contributed by atoms with Crippen LogP contribution < -0.4 is 65.1 Å². The molecule has 1 rings (SSSR count). The highest BCUT2D eigenvalue weighted by molar-refractivity contribution is 5.99. The zero-order chi connectivity index (χ0) is 67.1. The number of esters is 1. The Morgan fingerprint density at radius 3 is 1.50 bits per heavy atom. The van der Waals surface area contributed by atoms with Gasteiger partial charge in [0.2, 0.25) is 59.1 Å². The molecule has 88 heavy (non-hydrogen) atoms. The van der Waals surface area contributed by atoms with E-state index >= 15 is 0 Å². The molecule has 32 nitrogen and oxygen atoms in total. The van der Waals surface area contributed by atoms with Crippen LogP contribution >= 0.6 is 0 Å². The van der Waals surface area contributed by atoms with Crippen molar-refractivity contribution in [2.45, 2.75) is 198 Å². The van der Waals surface area contributed by atoms with Gasteiger partial charge in [-0.2, -0.15) is 0 Å². The second-order valence-electron chi connectivity index (χ2n) is 22.4. The Morgan fingerprint density at radius 1 is 0.523 bits per heavy atom. The van der Waals surface area contributed by atoms with E-state index in [1.807, 2.05) is 13.8 Å². The number of hydrogen-bond acceptors (Lipinski definition) is 20. The Hall–Kier alpha value is -7.91. The third kappa shape index (κ3) is 29.2. The third-order valence-electron chi connectivity index (χ3n) is 13.5. The fourth-order valence-corrected chi connectivity index (χ4v) is 8.36. The van der Waals surface area contributed by atoms with Crippen LogP contribution in [0.15, 0.2) is 30.3 Å². The number of aliphatic hydroxyl groups is 4. The minimum Gasteiger partial charge on any atom is -0.481 e. The standard InChI is InChI=1S/C56H92N12O20/c1-27(2)22-33(58)48(78)66-44(28(3)4)53(83)65-38(24-41(59)73)52(82)61-34(17-19-42(74)75)50(80)67-45(29(5)6)54(84)68-46(31(8)70)55(85)62-35(18-20-43(76)88-26-40(72)39(71)25-69)49(79)64-37(23-32-14-10-9-11-15-32)51(81)60-30(7)47(77)63-36(56(86)87)16-12-13-21-57/h9-11,14-15,27-31,33-40,44-46,69-72H,12-13,16-26,57-58H2,1-8H3,(H2,59,73)(H,60,81)(H,61,82)(H,62,85)(H,63,77)(H,64,79)(H,65,83)(H,66,78)(H,67,80)(H,68,84)(H,74,75)(H,86,87)/t30-,31+,33-,34-,35-,36-,37-,38-,39?,40?,44-,45-,46-/m0/s1. The molecule has 0 heterocycles. The van der Waals surface area contributed by atoms with Crippen LogP contribution in [0, 0.1) is 17.8 Å². The van der Waals surface area contributed by atoms with Gasteiger partial charge in [0.05, 0.1) is 25.2 Å². The zero-order valence-corrected chi connectivity index (χ0v) is 50.9. The average Bonchev–Trinajstić information content (AvgIpc) is 1.63. The molecule has 0 saturated carbocycles. The number of amides is 10. The molecule has 0 aliphatic rings.